The summed E-state index contributed by atoms with van der Waals surface area (Å²) in [5, 5.41) is 0. The van der Waals surface area contributed by atoms with E-state index < -0.39 is 103 Å². The molecular weight excluding hydrogens is 810 g/mol. The van der Waals surface area contributed by atoms with Gasteiger partial charge in [-0.1, -0.05) is 13.8 Å². The number of halogens is 18. The van der Waals surface area contributed by atoms with Crippen molar-refractivity contribution < 1.29 is 97.0 Å². The van der Waals surface area contributed by atoms with Gasteiger partial charge in [0.15, 0.2) is 21.4 Å². The standard InChI is InChI=1S/C13H10F9NO3S.C13H10F9NOS/c1-2-27(25,26)6-9(24)8-4-3-7(5-23-8)10(14,15)11(16,17)12(18,19)13(20,21)22;1-2-25-6-9(24)8-4-3-7(5-23-8)10(14,15)11(16,17)12(18,19)13(20,21)22/h3-5H,2,6H2,1H3;3-5H,2,6H2,1H3. The minimum atomic E-state index is -7.06. The second kappa shape index (κ2) is 15.6. The lowest BCUT2D eigenvalue weighted by Gasteiger charge is -2.33. The van der Waals surface area contributed by atoms with Gasteiger partial charge in [0, 0.05) is 29.3 Å². The van der Waals surface area contributed by atoms with Crippen LogP contribution in [0, 0.1) is 0 Å². The first-order valence-corrected chi connectivity index (χ1v) is 16.3. The average molecular weight is 831 g/mol. The van der Waals surface area contributed by atoms with E-state index in [1.54, 1.807) is 6.92 Å². The fourth-order valence-electron chi connectivity index (χ4n) is 3.25. The van der Waals surface area contributed by atoms with Crippen LogP contribution in [-0.2, 0) is 21.7 Å². The molecule has 2 aromatic heterocycles. The van der Waals surface area contributed by atoms with E-state index >= 15 is 0 Å². The first-order valence-electron chi connectivity index (χ1n) is 13.3. The molecule has 52 heavy (non-hydrogen) atoms. The summed E-state index contributed by atoms with van der Waals surface area (Å²) in [7, 11) is -3.85. The van der Waals surface area contributed by atoms with Gasteiger partial charge in [-0.2, -0.15) is 90.8 Å². The van der Waals surface area contributed by atoms with E-state index in [1.165, 1.54) is 6.92 Å². The Balaban J connectivity index is 0.000000522. The summed E-state index contributed by atoms with van der Waals surface area (Å²) in [4.78, 5) is 29.3. The van der Waals surface area contributed by atoms with Gasteiger partial charge < -0.3 is 0 Å². The van der Waals surface area contributed by atoms with Gasteiger partial charge >= 0.3 is 47.9 Å². The van der Waals surface area contributed by atoms with Crippen LogP contribution in [-0.4, -0.2) is 89.0 Å². The number of ketones is 2. The predicted molar refractivity (Wildman–Crippen MR) is 144 cm³/mol. The van der Waals surface area contributed by atoms with Crippen LogP contribution >= 0.6 is 11.8 Å². The Morgan fingerprint density at radius 3 is 1.19 bits per heavy atom. The van der Waals surface area contributed by atoms with Crippen LogP contribution in [0.4, 0.5) is 79.0 Å². The molecule has 0 saturated carbocycles. The summed E-state index contributed by atoms with van der Waals surface area (Å²) in [6.07, 6.45) is -14.1. The summed E-state index contributed by atoms with van der Waals surface area (Å²) in [6.45, 7) is 2.92. The number of sulfone groups is 1. The number of alkyl halides is 18. The third-order valence-electron chi connectivity index (χ3n) is 6.34. The van der Waals surface area contributed by atoms with Gasteiger partial charge in [-0.15, -0.1) is 0 Å². The molecule has 6 nitrogen and oxygen atoms in total. The van der Waals surface area contributed by atoms with Crippen molar-refractivity contribution in [3.63, 3.8) is 0 Å². The van der Waals surface area contributed by atoms with Gasteiger partial charge in [0.25, 0.3) is 0 Å². The molecule has 0 fully saturated rings. The van der Waals surface area contributed by atoms with Gasteiger partial charge in [0.05, 0.1) is 5.75 Å². The highest BCUT2D eigenvalue weighted by atomic mass is 32.2. The van der Waals surface area contributed by atoms with Crippen molar-refractivity contribution in [1.82, 2.24) is 9.97 Å². The Morgan fingerprint density at radius 1 is 0.577 bits per heavy atom. The molecule has 0 N–H and O–H groups in total. The predicted octanol–water partition coefficient (Wildman–Crippen LogP) is 8.57. The van der Waals surface area contributed by atoms with Crippen molar-refractivity contribution in [3.8, 4) is 0 Å². The summed E-state index contributed by atoms with van der Waals surface area (Å²) in [5.41, 5.74) is -5.09. The molecule has 0 aromatic carbocycles. The van der Waals surface area contributed by atoms with E-state index in [4.69, 9.17) is 0 Å². The Labute approximate surface area is 284 Å². The van der Waals surface area contributed by atoms with E-state index in [2.05, 4.69) is 9.97 Å². The molecular formula is C26H20F18N2O4S2. The third kappa shape index (κ3) is 9.24. The Bertz CT molecular complexity index is 1660. The smallest absolute Gasteiger partial charge is 0.292 e. The van der Waals surface area contributed by atoms with Crippen molar-refractivity contribution in [2.75, 3.05) is 23.0 Å². The van der Waals surface area contributed by atoms with Gasteiger partial charge in [-0.3, -0.25) is 19.6 Å². The summed E-state index contributed by atoms with van der Waals surface area (Å²) >= 11 is 1.15. The van der Waals surface area contributed by atoms with Crippen molar-refractivity contribution >= 4 is 33.2 Å². The summed E-state index contributed by atoms with van der Waals surface area (Å²) in [6, 6.07) is 1.03. The quantitative estimate of drug-likeness (QED) is 0.139. The van der Waals surface area contributed by atoms with E-state index in [0.717, 1.165) is 11.8 Å². The van der Waals surface area contributed by atoms with Gasteiger partial charge in [-0.05, 0) is 30.0 Å². The minimum absolute atomic E-state index is 0.0147. The molecule has 0 aliphatic carbocycles. The number of carbonyl (C=O) groups excluding carboxylic acids is 2. The maximum absolute atomic E-state index is 13.7. The molecule has 0 spiro atoms. The van der Waals surface area contributed by atoms with Gasteiger partial charge in [0.1, 0.15) is 17.1 Å². The number of hydrogen-bond acceptors (Lipinski definition) is 7. The molecule has 0 aliphatic heterocycles. The van der Waals surface area contributed by atoms with Crippen LogP contribution < -0.4 is 0 Å². The maximum Gasteiger partial charge on any atom is 0.460 e. The number of aromatic nitrogens is 2. The van der Waals surface area contributed by atoms with Crippen LogP contribution in [0.1, 0.15) is 46.0 Å². The highest BCUT2D eigenvalue weighted by Crippen LogP contribution is 2.57. The first kappa shape index (κ1) is 46.7. The second-order valence-corrected chi connectivity index (χ2v) is 13.6. The molecule has 2 rings (SSSR count). The molecule has 26 heteroatoms. The number of carbonyl (C=O) groups is 2. The molecule has 0 bridgehead atoms. The van der Waals surface area contributed by atoms with E-state index in [1.807, 2.05) is 0 Å². The Morgan fingerprint density at radius 2 is 0.923 bits per heavy atom. The molecule has 296 valence electrons. The van der Waals surface area contributed by atoms with Crippen LogP contribution in [0.3, 0.4) is 0 Å². The molecule has 0 amide bonds. The number of rotatable bonds is 14. The minimum Gasteiger partial charge on any atom is -0.292 e. The first-order chi connectivity index (χ1) is 23.1. The second-order valence-electron chi connectivity index (χ2n) is 9.97. The fraction of sp³-hybridized carbons (Fsp3) is 0.538. The van der Waals surface area contributed by atoms with Crippen LogP contribution in [0.15, 0.2) is 36.7 Å². The zero-order chi connectivity index (χ0) is 41.2. The van der Waals surface area contributed by atoms with E-state index in [-0.39, 0.29) is 30.3 Å². The number of nitrogens with zero attached hydrogens (tertiary/aromatic N) is 2. The van der Waals surface area contributed by atoms with E-state index in [0.29, 0.717) is 17.9 Å². The Hall–Kier alpha value is -3.32. The SMILES string of the molecule is CCS(=O)(=O)CC(=O)c1ccc(C(F)(F)C(F)(F)C(F)(F)C(F)(F)F)cn1.CCSCC(=O)c1ccc(C(F)(F)C(F)(F)C(F)(F)C(F)(F)F)cn1. The molecule has 0 unspecified atom stereocenters. The molecule has 2 aromatic rings. The highest BCUT2D eigenvalue weighted by Gasteiger charge is 2.83. The van der Waals surface area contributed by atoms with Gasteiger partial charge in [-0.25, -0.2) is 8.42 Å². The average Bonchev–Trinajstić information content (AvgIpc) is 3.02. The summed E-state index contributed by atoms with van der Waals surface area (Å²) in [5.74, 6) is -42.5. The molecule has 0 saturated heterocycles. The molecule has 0 radical (unpaired) electrons. The molecule has 0 atom stereocenters. The fourth-order valence-corrected chi connectivity index (χ4v) is 4.54. The number of Topliss-reactive ketones (excluding diaryl/α,β-unsaturated/α-hetero) is 2. The highest BCUT2D eigenvalue weighted by molar-refractivity contribution is 7.99. The zero-order valence-electron chi connectivity index (χ0n) is 25.4. The van der Waals surface area contributed by atoms with Gasteiger partial charge in [0.2, 0.25) is 0 Å². The van der Waals surface area contributed by atoms with Crippen LogP contribution in [0.5, 0.6) is 0 Å². The van der Waals surface area contributed by atoms with E-state index in [9.17, 15) is 97.0 Å². The normalized spacial score (nSPS) is 14.1. The van der Waals surface area contributed by atoms with Crippen LogP contribution in [0.2, 0.25) is 0 Å². The lowest BCUT2D eigenvalue weighted by molar-refractivity contribution is -0.399. The number of thioether (sulfide) groups is 1. The van der Waals surface area contributed by atoms with Crippen molar-refractivity contribution in [1.29, 1.82) is 0 Å². The van der Waals surface area contributed by atoms with Crippen molar-refractivity contribution in [2.45, 2.75) is 61.7 Å². The number of hydrogen-bond donors (Lipinski definition) is 0. The largest absolute Gasteiger partial charge is 0.460 e. The topological polar surface area (TPSA) is 94.1 Å². The lowest BCUT2D eigenvalue weighted by atomic mass is 9.98. The van der Waals surface area contributed by atoms with Crippen molar-refractivity contribution in [3.05, 3.63) is 59.2 Å². The summed E-state index contributed by atoms with van der Waals surface area (Å²) < 4.78 is 254. The zero-order valence-corrected chi connectivity index (χ0v) is 27.1. The van der Waals surface area contributed by atoms with Crippen LogP contribution in [0.25, 0.3) is 0 Å². The third-order valence-corrected chi connectivity index (χ3v) is 8.80. The Kier molecular flexibility index (Phi) is 14.0. The molecule has 2 heterocycles. The maximum atomic E-state index is 13.7. The lowest BCUT2D eigenvalue weighted by Crippen LogP contribution is -2.59. The van der Waals surface area contributed by atoms with Crippen molar-refractivity contribution in [2.24, 2.45) is 0 Å². The molecule has 0 aliphatic rings. The monoisotopic (exact) mass is 830 g/mol. The number of pyridine rings is 2.